The van der Waals surface area contributed by atoms with Crippen molar-refractivity contribution >= 4 is 45.3 Å². The Morgan fingerprint density at radius 3 is 2.50 bits per heavy atom. The number of aliphatic carboxylic acids is 1. The van der Waals surface area contributed by atoms with Crippen molar-refractivity contribution in [2.24, 2.45) is 5.73 Å². The Bertz CT molecular complexity index is 1290. The highest BCUT2D eigenvalue weighted by Crippen LogP contribution is 2.39. The highest BCUT2D eigenvalue weighted by Gasteiger charge is 2.42. The van der Waals surface area contributed by atoms with Crippen molar-refractivity contribution in [2.45, 2.75) is 67.9 Å². The van der Waals surface area contributed by atoms with Crippen LogP contribution in [0.4, 0.5) is 0 Å². The number of nitrogens with two attached hydrogens (primary N) is 1. The number of carbonyl (C=O) groups is 4. The van der Waals surface area contributed by atoms with E-state index in [2.05, 4.69) is 16.0 Å². The third kappa shape index (κ3) is 6.91. The summed E-state index contributed by atoms with van der Waals surface area (Å²) < 4.78 is -0.931. The number of fused-ring (bicyclic) bond motifs is 1. The fourth-order valence-electron chi connectivity index (χ4n) is 4.89. The van der Waals surface area contributed by atoms with Crippen LogP contribution in [-0.2, 0) is 38.4 Å². The second kappa shape index (κ2) is 12.1. The number of aryl methyl sites for hydroxylation is 1. The number of phenols is 1. The molecule has 214 valence electrons. The Balaban J connectivity index is 1.58. The van der Waals surface area contributed by atoms with Gasteiger partial charge in [0, 0.05) is 12.2 Å². The van der Waals surface area contributed by atoms with Gasteiger partial charge < -0.3 is 31.9 Å². The van der Waals surface area contributed by atoms with Gasteiger partial charge in [-0.1, -0.05) is 58.0 Å². The number of nitrogens with one attached hydrogen (secondary N) is 3. The molecule has 12 heteroatoms. The van der Waals surface area contributed by atoms with E-state index < -0.39 is 52.1 Å². The van der Waals surface area contributed by atoms with Crippen LogP contribution in [0.1, 0.15) is 37.0 Å². The highest BCUT2D eigenvalue weighted by molar-refractivity contribution is 8.77. The standard InChI is InChI=1S/C28H34N4O6S2/c1-27(2)22(25(36)37)32-23(34)20(12-16-6-4-3-5-7-16)30-24(35)21(15-39-40-27)31-26(38)28(29)11-10-17-13-19(33)9-8-18(17)14-28/h3-9,13,20-22,33H,10-12,14-15,29H2,1-2H3,(H,30,35)(H,31,38)(H,32,34)(H,36,37)/t20?,21-,22+,28-/m1/s1. The number of amides is 3. The van der Waals surface area contributed by atoms with Crippen molar-refractivity contribution in [3.63, 3.8) is 0 Å². The Labute approximate surface area is 240 Å². The maximum atomic E-state index is 13.5. The first-order valence-corrected chi connectivity index (χ1v) is 15.3. The molecule has 1 aliphatic carbocycles. The summed E-state index contributed by atoms with van der Waals surface area (Å²) in [6.45, 7) is 3.42. The first-order valence-electron chi connectivity index (χ1n) is 13.0. The van der Waals surface area contributed by atoms with Crippen LogP contribution >= 0.6 is 21.6 Å². The van der Waals surface area contributed by atoms with Gasteiger partial charge in [-0.3, -0.25) is 14.4 Å². The fourth-order valence-corrected chi connectivity index (χ4v) is 7.70. The summed E-state index contributed by atoms with van der Waals surface area (Å²) >= 11 is 0. The van der Waals surface area contributed by atoms with Gasteiger partial charge in [0.15, 0.2) is 0 Å². The van der Waals surface area contributed by atoms with Crippen LogP contribution < -0.4 is 21.7 Å². The first-order chi connectivity index (χ1) is 18.9. The smallest absolute Gasteiger partial charge is 0.327 e. The van der Waals surface area contributed by atoms with Crippen LogP contribution in [0, 0.1) is 0 Å². The minimum absolute atomic E-state index is 0.130. The predicted octanol–water partition coefficient (Wildman–Crippen LogP) is 1.53. The van der Waals surface area contributed by atoms with Crippen LogP contribution in [0.15, 0.2) is 48.5 Å². The van der Waals surface area contributed by atoms with E-state index in [1.165, 1.54) is 21.6 Å². The second-order valence-electron chi connectivity index (χ2n) is 10.8. The maximum absolute atomic E-state index is 13.5. The summed E-state index contributed by atoms with van der Waals surface area (Å²) in [4.78, 5) is 52.5. The Morgan fingerprint density at radius 2 is 1.80 bits per heavy atom. The molecule has 1 heterocycles. The van der Waals surface area contributed by atoms with Crippen molar-refractivity contribution < 1.29 is 29.4 Å². The van der Waals surface area contributed by atoms with Gasteiger partial charge in [-0.05, 0) is 61.9 Å². The number of carboxylic acid groups (broad SMARTS) is 1. The molecule has 1 fully saturated rings. The zero-order chi connectivity index (χ0) is 29.1. The lowest BCUT2D eigenvalue weighted by Crippen LogP contribution is -2.63. The maximum Gasteiger partial charge on any atom is 0.327 e. The zero-order valence-corrected chi connectivity index (χ0v) is 23.9. The largest absolute Gasteiger partial charge is 0.508 e. The molecule has 40 heavy (non-hydrogen) atoms. The van der Waals surface area contributed by atoms with Gasteiger partial charge in [-0.25, -0.2) is 4.79 Å². The predicted molar refractivity (Wildman–Crippen MR) is 155 cm³/mol. The van der Waals surface area contributed by atoms with E-state index in [1.807, 2.05) is 30.3 Å². The third-order valence-electron chi connectivity index (χ3n) is 7.26. The molecule has 0 radical (unpaired) electrons. The molecule has 0 aromatic heterocycles. The molecular weight excluding hydrogens is 552 g/mol. The van der Waals surface area contributed by atoms with Gasteiger partial charge in [0.05, 0.1) is 10.3 Å². The van der Waals surface area contributed by atoms with Crippen LogP contribution in [0.3, 0.4) is 0 Å². The molecule has 2 aromatic carbocycles. The number of benzene rings is 2. The van der Waals surface area contributed by atoms with Crippen LogP contribution in [-0.4, -0.2) is 68.1 Å². The van der Waals surface area contributed by atoms with Crippen molar-refractivity contribution in [1.82, 2.24) is 16.0 Å². The van der Waals surface area contributed by atoms with Crippen molar-refractivity contribution in [3.8, 4) is 5.75 Å². The summed E-state index contributed by atoms with van der Waals surface area (Å²) in [6.07, 6.45) is 1.21. The van der Waals surface area contributed by atoms with E-state index >= 15 is 0 Å². The summed E-state index contributed by atoms with van der Waals surface area (Å²) in [5.74, 6) is -2.58. The Kier molecular flexibility index (Phi) is 9.01. The van der Waals surface area contributed by atoms with Gasteiger partial charge in [0.1, 0.15) is 23.9 Å². The SMILES string of the molecule is CC1(C)SSC[C@@H](NC(=O)[C@@]2(N)CCc3cc(O)ccc3C2)C(=O)NC(Cc2ccccc2)C(=O)N[C@H]1C(=O)O. The van der Waals surface area contributed by atoms with E-state index in [1.54, 1.807) is 32.0 Å². The molecule has 2 aliphatic rings. The molecular formula is C28H34N4O6S2. The van der Waals surface area contributed by atoms with Crippen molar-refractivity contribution in [2.75, 3.05) is 5.75 Å². The van der Waals surface area contributed by atoms with Crippen LogP contribution in [0.25, 0.3) is 0 Å². The molecule has 10 nitrogen and oxygen atoms in total. The number of carbonyl (C=O) groups excluding carboxylic acids is 3. The molecule has 4 atom stereocenters. The Hall–Kier alpha value is -3.22. The topological polar surface area (TPSA) is 171 Å². The molecule has 1 unspecified atom stereocenters. The third-order valence-corrected chi connectivity index (χ3v) is 10.6. The first kappa shape index (κ1) is 29.8. The molecule has 1 saturated heterocycles. The van der Waals surface area contributed by atoms with Crippen molar-refractivity contribution in [3.05, 3.63) is 65.2 Å². The molecule has 2 aromatic rings. The quantitative estimate of drug-likeness (QED) is 0.284. The summed E-state index contributed by atoms with van der Waals surface area (Å²) in [5, 5.41) is 27.8. The molecule has 4 rings (SSSR count). The van der Waals surface area contributed by atoms with Crippen LogP contribution in [0.5, 0.6) is 5.75 Å². The minimum Gasteiger partial charge on any atom is -0.508 e. The Morgan fingerprint density at radius 1 is 1.07 bits per heavy atom. The number of aromatic hydroxyl groups is 1. The lowest BCUT2D eigenvalue weighted by Gasteiger charge is -2.35. The number of hydrogen-bond donors (Lipinski definition) is 6. The van der Waals surface area contributed by atoms with E-state index in [-0.39, 0.29) is 24.3 Å². The van der Waals surface area contributed by atoms with E-state index in [9.17, 15) is 29.4 Å². The molecule has 0 saturated carbocycles. The van der Waals surface area contributed by atoms with Crippen molar-refractivity contribution in [1.29, 1.82) is 0 Å². The molecule has 7 N–H and O–H groups in total. The van der Waals surface area contributed by atoms with E-state index in [0.29, 0.717) is 12.8 Å². The average molecular weight is 587 g/mol. The second-order valence-corrected chi connectivity index (χ2v) is 13.8. The molecule has 0 bridgehead atoms. The summed E-state index contributed by atoms with van der Waals surface area (Å²) in [5.41, 5.74) is 7.87. The highest BCUT2D eigenvalue weighted by atomic mass is 33.1. The fraction of sp³-hybridized carbons (Fsp3) is 0.429. The van der Waals surface area contributed by atoms with E-state index in [4.69, 9.17) is 5.73 Å². The number of carboxylic acids is 1. The van der Waals surface area contributed by atoms with Gasteiger partial charge in [0.2, 0.25) is 17.7 Å². The lowest BCUT2D eigenvalue weighted by molar-refractivity contribution is -0.143. The number of hydrogen-bond acceptors (Lipinski definition) is 8. The molecule has 1 aliphatic heterocycles. The average Bonchev–Trinajstić information content (AvgIpc) is 2.91. The monoisotopic (exact) mass is 586 g/mol. The summed E-state index contributed by atoms with van der Waals surface area (Å²) in [7, 11) is 2.47. The van der Waals surface area contributed by atoms with Gasteiger partial charge >= 0.3 is 5.97 Å². The number of phenolic OH excluding ortho intramolecular Hbond substituents is 1. The molecule has 0 spiro atoms. The molecule has 3 amide bonds. The zero-order valence-electron chi connectivity index (χ0n) is 22.3. The lowest BCUT2D eigenvalue weighted by atomic mass is 9.78. The van der Waals surface area contributed by atoms with Crippen LogP contribution in [0.2, 0.25) is 0 Å². The normalized spacial score (nSPS) is 26.8. The van der Waals surface area contributed by atoms with E-state index in [0.717, 1.165) is 16.7 Å². The minimum atomic E-state index is -1.26. The number of rotatable bonds is 5. The van der Waals surface area contributed by atoms with Gasteiger partial charge in [-0.2, -0.15) is 0 Å². The van der Waals surface area contributed by atoms with Gasteiger partial charge in [-0.15, -0.1) is 0 Å². The van der Waals surface area contributed by atoms with Gasteiger partial charge in [0.25, 0.3) is 0 Å². The summed E-state index contributed by atoms with van der Waals surface area (Å²) in [6, 6.07) is 10.7.